The van der Waals surface area contributed by atoms with Crippen LogP contribution < -0.4 is 15.4 Å². The van der Waals surface area contributed by atoms with E-state index in [4.69, 9.17) is 24.2 Å². The molecule has 21 heteroatoms. The molecule has 0 bridgehead atoms. The Morgan fingerprint density at radius 3 is 1.82 bits per heavy atom. The van der Waals surface area contributed by atoms with Gasteiger partial charge in [-0.1, -0.05) is 40.7 Å². The van der Waals surface area contributed by atoms with Gasteiger partial charge in [0.2, 0.25) is 18.0 Å². The number of thiophene rings is 1. The van der Waals surface area contributed by atoms with Crippen LogP contribution in [0.2, 0.25) is 0 Å². The number of nitrogens with one attached hydrogen (secondary N) is 2. The summed E-state index contributed by atoms with van der Waals surface area (Å²) < 4.78 is 49.4. The van der Waals surface area contributed by atoms with Gasteiger partial charge in [0, 0.05) is 65.9 Å². The maximum absolute atomic E-state index is 16.9. The normalized spacial score (nSPS) is 19.8. The number of ether oxygens (including phenoxy) is 3. The Balaban J connectivity index is 0.00000247. The van der Waals surface area contributed by atoms with Gasteiger partial charge in [-0.25, -0.2) is 14.0 Å². The van der Waals surface area contributed by atoms with Crippen molar-refractivity contribution in [1.82, 2.24) is 25.0 Å². The van der Waals surface area contributed by atoms with Gasteiger partial charge >= 0.3 is 12.2 Å². The number of hydrogen-bond acceptors (Lipinski definition) is 10. The number of amides is 4. The average Bonchev–Trinajstić information content (AvgIpc) is 4.21. The van der Waals surface area contributed by atoms with Crippen molar-refractivity contribution in [2.24, 2.45) is 21.8 Å². The lowest BCUT2D eigenvalue weighted by molar-refractivity contribution is -0.134. The van der Waals surface area contributed by atoms with Crippen molar-refractivity contribution >= 4 is 123 Å². The SMILES string of the molecule is COC(=O)N[C@H](C(=O)N1CCC[C@H]1C1=NC=C(c2cc(F)c3c(c2)OC(c2ccc(C(C)CF)s2)n2c-3cc3cc(C4=CN=C([C@@H]5CCCN5C(=O)[C@@H](NC(=O)OC)C(C)C)C4)ccc32)C1)C(C)C.S.S.S.S. The number of halogens is 2. The number of likely N-dealkylation sites (tertiary alicyclic amines) is 2. The quantitative estimate of drug-likeness (QED) is 0.135. The van der Waals surface area contributed by atoms with Crippen LogP contribution in [0, 0.1) is 17.7 Å². The zero-order chi connectivity index (χ0) is 48.8. The molecule has 0 saturated carbocycles. The summed E-state index contributed by atoms with van der Waals surface area (Å²) in [5, 5.41) is 6.28. The molecule has 0 aliphatic carbocycles. The molecule has 2 aromatic carbocycles. The number of alkyl halides is 1. The van der Waals surface area contributed by atoms with Crippen LogP contribution in [0.5, 0.6) is 5.75 Å². The molecule has 2 unspecified atom stereocenters. The third-order valence-electron chi connectivity index (χ3n) is 14.1. The van der Waals surface area contributed by atoms with Crippen LogP contribution in [0.1, 0.15) is 106 Å². The smallest absolute Gasteiger partial charge is 0.407 e. The Kier molecular flexibility index (Phi) is 19.8. The lowest BCUT2D eigenvalue weighted by Crippen LogP contribution is -2.53. The fraction of sp³-hybridized carbons (Fsp3) is 0.462. The fourth-order valence-electron chi connectivity index (χ4n) is 10.4. The highest BCUT2D eigenvalue weighted by Crippen LogP contribution is 2.49. The van der Waals surface area contributed by atoms with E-state index in [9.17, 15) is 23.6 Å². The summed E-state index contributed by atoms with van der Waals surface area (Å²) in [5.41, 5.74) is 6.83. The molecule has 2 saturated heterocycles. The predicted molar refractivity (Wildman–Crippen MR) is 304 cm³/mol. The third-order valence-corrected chi connectivity index (χ3v) is 15.5. The molecule has 2 aromatic heterocycles. The largest absolute Gasteiger partial charge is 0.464 e. The van der Waals surface area contributed by atoms with E-state index in [2.05, 4.69) is 16.7 Å². The number of allylic oxidation sites excluding steroid dienone is 2. The van der Waals surface area contributed by atoms with Crippen LogP contribution in [0.4, 0.5) is 18.4 Å². The van der Waals surface area contributed by atoms with Gasteiger partial charge in [0.25, 0.3) is 0 Å². The second-order valence-electron chi connectivity index (χ2n) is 19.3. The van der Waals surface area contributed by atoms with Crippen LogP contribution >= 0.6 is 65.3 Å². The highest BCUT2D eigenvalue weighted by Gasteiger charge is 2.41. The summed E-state index contributed by atoms with van der Waals surface area (Å²) in [7, 11) is 2.55. The molecular formula is C52H67F2N7O7S5. The minimum absolute atomic E-state index is 0. The fourth-order valence-corrected chi connectivity index (χ4v) is 11.4. The highest BCUT2D eigenvalue weighted by atomic mass is 32.1. The van der Waals surface area contributed by atoms with E-state index in [0.717, 1.165) is 74.5 Å². The number of rotatable bonds is 13. The first-order chi connectivity index (χ1) is 33.2. The zero-order valence-electron chi connectivity index (χ0n) is 42.0. The standard InChI is InChI=1S/C52H59F2N7O7S.4H2S/c1-27(2)46(57-51(64)66-6)48(62)59-16-8-10-39(59)36-20-33(25-55-36)30-12-13-38-32(18-30)22-41-45-35(54)19-31(23-42(45)68-50(61(38)41)44-15-14-43(69-44)29(5)24-53)34-21-37(56-26-34)40-11-9-17-60(40)49(63)47(28(3)4)58-52(65)67-7;;;;/h12-15,18-19,22-23,25-29,39-40,46-47,50H,8-11,16-17,20-21,24H2,1-7H3,(H,57,64)(H,58,65);4*1H2/t29?,39-,40-,46-,47-,50?;;;;/m0..../s1. The minimum Gasteiger partial charge on any atom is -0.464 e. The number of hydrogen-bond donors (Lipinski definition) is 2. The second-order valence-corrected chi connectivity index (χ2v) is 20.4. The molecule has 6 atom stereocenters. The molecule has 14 nitrogen and oxygen atoms in total. The monoisotopic (exact) mass is 1100 g/mol. The second kappa shape index (κ2) is 24.6. The Morgan fingerprint density at radius 1 is 0.753 bits per heavy atom. The van der Waals surface area contributed by atoms with Crippen LogP contribution in [0.25, 0.3) is 33.3 Å². The molecule has 2 fully saturated rings. The maximum Gasteiger partial charge on any atom is 0.407 e. The van der Waals surface area contributed by atoms with Crippen molar-refractivity contribution < 1.29 is 42.2 Å². The average molecular weight is 1100 g/mol. The number of nitrogens with zero attached hydrogens (tertiary/aromatic N) is 5. The van der Waals surface area contributed by atoms with E-state index in [0.29, 0.717) is 48.5 Å². The Bertz CT molecular complexity index is 2850. The molecule has 9 rings (SSSR count). The number of aliphatic imine (C=N–C) groups is 2. The van der Waals surface area contributed by atoms with E-state index < -0.39 is 43.0 Å². The van der Waals surface area contributed by atoms with Gasteiger partial charge in [-0.15, -0.1) is 11.3 Å². The van der Waals surface area contributed by atoms with E-state index in [1.807, 2.05) is 86.7 Å². The van der Waals surface area contributed by atoms with Crippen molar-refractivity contribution in [1.29, 1.82) is 0 Å². The van der Waals surface area contributed by atoms with Crippen molar-refractivity contribution in [3.05, 3.63) is 87.6 Å². The predicted octanol–water partition coefficient (Wildman–Crippen LogP) is 10.1. The van der Waals surface area contributed by atoms with E-state index in [-0.39, 0.29) is 95.6 Å². The summed E-state index contributed by atoms with van der Waals surface area (Å²) in [6.45, 7) is 9.98. The zero-order valence-corrected chi connectivity index (χ0v) is 46.8. The number of carbonyl (C=O) groups excluding carboxylic acids is 4. The van der Waals surface area contributed by atoms with Gasteiger partial charge < -0.3 is 34.6 Å². The lowest BCUT2D eigenvalue weighted by Gasteiger charge is -2.31. The number of aromatic nitrogens is 1. The molecule has 5 aliphatic rings. The maximum atomic E-state index is 16.9. The van der Waals surface area contributed by atoms with Gasteiger partial charge in [0.1, 0.15) is 23.7 Å². The Labute approximate surface area is 457 Å². The highest BCUT2D eigenvalue weighted by molar-refractivity contribution is 7.59. The summed E-state index contributed by atoms with van der Waals surface area (Å²) in [6.07, 6.45) is 5.66. The molecule has 4 aromatic rings. The van der Waals surface area contributed by atoms with Gasteiger partial charge in [-0.3, -0.25) is 28.5 Å². The van der Waals surface area contributed by atoms with E-state index in [1.54, 1.807) is 11.1 Å². The summed E-state index contributed by atoms with van der Waals surface area (Å²) >= 11 is 1.48. The van der Waals surface area contributed by atoms with Gasteiger partial charge in [-0.05, 0) is 102 Å². The topological polar surface area (TPSA) is 156 Å². The first-order valence-electron chi connectivity index (χ1n) is 23.8. The molecule has 73 heavy (non-hydrogen) atoms. The molecule has 396 valence electrons. The molecule has 2 N–H and O–H groups in total. The van der Waals surface area contributed by atoms with E-state index in [1.165, 1.54) is 31.6 Å². The van der Waals surface area contributed by atoms with Gasteiger partial charge in [0.15, 0.2) is 0 Å². The molecular weight excluding hydrogens is 1030 g/mol. The first kappa shape index (κ1) is 58.9. The van der Waals surface area contributed by atoms with Crippen LogP contribution in [0.3, 0.4) is 0 Å². The number of alkyl carbamates (subject to hydrolysis) is 2. The van der Waals surface area contributed by atoms with Crippen molar-refractivity contribution in [3.63, 3.8) is 0 Å². The van der Waals surface area contributed by atoms with Crippen molar-refractivity contribution in [2.75, 3.05) is 34.0 Å². The van der Waals surface area contributed by atoms with E-state index >= 15 is 4.39 Å². The Morgan fingerprint density at radius 2 is 1.30 bits per heavy atom. The van der Waals surface area contributed by atoms with Crippen LogP contribution in [-0.4, -0.2) is 108 Å². The summed E-state index contributed by atoms with van der Waals surface area (Å²) in [4.78, 5) is 67.0. The van der Waals surface area contributed by atoms with Crippen LogP contribution in [-0.2, 0) is 19.1 Å². The molecule has 5 aliphatic heterocycles. The number of carbonyl (C=O) groups is 4. The van der Waals surface area contributed by atoms with Crippen molar-refractivity contribution in [2.45, 2.75) is 109 Å². The molecule has 0 radical (unpaired) electrons. The van der Waals surface area contributed by atoms with Gasteiger partial charge in [-0.2, -0.15) is 54.0 Å². The lowest BCUT2D eigenvalue weighted by atomic mass is 9.95. The Hall–Kier alpha value is -4.96. The number of fused-ring (bicyclic) bond motifs is 5. The number of benzene rings is 2. The van der Waals surface area contributed by atoms with Crippen molar-refractivity contribution in [3.8, 4) is 17.0 Å². The van der Waals surface area contributed by atoms with Crippen LogP contribution in [0.15, 0.2) is 70.9 Å². The molecule has 4 amide bonds. The van der Waals surface area contributed by atoms with Gasteiger partial charge in [0.05, 0.1) is 54.6 Å². The molecule has 7 heterocycles. The summed E-state index contributed by atoms with van der Waals surface area (Å²) in [5.74, 6) is -1.05. The molecule has 0 spiro atoms. The minimum atomic E-state index is -0.759. The number of methoxy groups -OCH3 is 2. The summed E-state index contributed by atoms with van der Waals surface area (Å²) in [6, 6.07) is 13.4. The first-order valence-corrected chi connectivity index (χ1v) is 24.6. The third kappa shape index (κ3) is 11.5.